The summed E-state index contributed by atoms with van der Waals surface area (Å²) >= 11 is 6.09. The summed E-state index contributed by atoms with van der Waals surface area (Å²) in [4.78, 5) is 0. The van der Waals surface area contributed by atoms with Crippen LogP contribution in [0.4, 0.5) is 4.39 Å². The molecule has 0 aliphatic carbocycles. The summed E-state index contributed by atoms with van der Waals surface area (Å²) in [7, 11) is 0. The van der Waals surface area contributed by atoms with E-state index in [4.69, 9.17) is 17.3 Å². The summed E-state index contributed by atoms with van der Waals surface area (Å²) in [6, 6.07) is 12.0. The van der Waals surface area contributed by atoms with Crippen molar-refractivity contribution in [2.24, 2.45) is 5.73 Å². The number of aryl methyl sites for hydroxylation is 1. The van der Waals surface area contributed by atoms with E-state index in [-0.39, 0.29) is 11.9 Å². The van der Waals surface area contributed by atoms with E-state index in [9.17, 15) is 4.39 Å². The summed E-state index contributed by atoms with van der Waals surface area (Å²) in [6.07, 6.45) is 0. The SMILES string of the molecule is Cc1cc(C(N)c2ccccc2Cl)ccc1F. The van der Waals surface area contributed by atoms with Crippen LogP contribution in [0.2, 0.25) is 5.02 Å². The molecule has 2 N–H and O–H groups in total. The highest BCUT2D eigenvalue weighted by Crippen LogP contribution is 2.27. The molecule has 1 atom stereocenters. The van der Waals surface area contributed by atoms with Gasteiger partial charge in [0.05, 0.1) is 6.04 Å². The second-order valence-corrected chi connectivity index (χ2v) is 4.42. The van der Waals surface area contributed by atoms with Gasteiger partial charge in [0, 0.05) is 5.02 Å². The van der Waals surface area contributed by atoms with E-state index < -0.39 is 0 Å². The lowest BCUT2D eigenvalue weighted by atomic mass is 9.98. The van der Waals surface area contributed by atoms with Crippen LogP contribution in [0.15, 0.2) is 42.5 Å². The van der Waals surface area contributed by atoms with E-state index >= 15 is 0 Å². The van der Waals surface area contributed by atoms with Crippen LogP contribution in [0.1, 0.15) is 22.7 Å². The number of benzene rings is 2. The molecule has 0 fully saturated rings. The zero-order valence-corrected chi connectivity index (χ0v) is 10.2. The highest BCUT2D eigenvalue weighted by molar-refractivity contribution is 6.31. The Labute approximate surface area is 105 Å². The molecule has 1 nitrogen and oxygen atoms in total. The number of nitrogens with two attached hydrogens (primary N) is 1. The van der Waals surface area contributed by atoms with Gasteiger partial charge in [-0.05, 0) is 35.7 Å². The Morgan fingerprint density at radius 2 is 1.88 bits per heavy atom. The average Bonchev–Trinajstić information content (AvgIpc) is 2.32. The van der Waals surface area contributed by atoms with Gasteiger partial charge in [0.15, 0.2) is 0 Å². The summed E-state index contributed by atoms with van der Waals surface area (Å²) in [6.45, 7) is 1.72. The fraction of sp³-hybridized carbons (Fsp3) is 0.143. The van der Waals surface area contributed by atoms with Gasteiger partial charge >= 0.3 is 0 Å². The normalized spacial score (nSPS) is 12.5. The monoisotopic (exact) mass is 249 g/mol. The molecule has 88 valence electrons. The van der Waals surface area contributed by atoms with Crippen LogP contribution in [0.25, 0.3) is 0 Å². The van der Waals surface area contributed by atoms with Crippen molar-refractivity contribution in [2.45, 2.75) is 13.0 Å². The third-order valence-electron chi connectivity index (χ3n) is 2.78. The molecule has 0 radical (unpaired) electrons. The van der Waals surface area contributed by atoms with Gasteiger partial charge in [-0.25, -0.2) is 4.39 Å². The summed E-state index contributed by atoms with van der Waals surface area (Å²) in [5, 5.41) is 0.627. The number of halogens is 2. The molecule has 0 amide bonds. The first-order valence-corrected chi connectivity index (χ1v) is 5.73. The largest absolute Gasteiger partial charge is 0.320 e. The van der Waals surface area contributed by atoms with Gasteiger partial charge < -0.3 is 5.73 Å². The van der Waals surface area contributed by atoms with E-state index in [2.05, 4.69) is 0 Å². The summed E-state index contributed by atoms with van der Waals surface area (Å²) in [5.41, 5.74) is 8.42. The lowest BCUT2D eigenvalue weighted by molar-refractivity contribution is 0.617. The van der Waals surface area contributed by atoms with Gasteiger partial charge in [-0.2, -0.15) is 0 Å². The third-order valence-corrected chi connectivity index (χ3v) is 3.13. The number of hydrogen-bond donors (Lipinski definition) is 1. The fourth-order valence-corrected chi connectivity index (χ4v) is 2.02. The Morgan fingerprint density at radius 1 is 1.18 bits per heavy atom. The van der Waals surface area contributed by atoms with Gasteiger partial charge in [-0.15, -0.1) is 0 Å². The molecular weight excluding hydrogens is 237 g/mol. The predicted molar refractivity (Wildman–Crippen MR) is 68.6 cm³/mol. The van der Waals surface area contributed by atoms with Crippen LogP contribution in [0.3, 0.4) is 0 Å². The molecule has 1 unspecified atom stereocenters. The maximum atomic E-state index is 13.2. The molecule has 0 spiro atoms. The van der Waals surface area contributed by atoms with Crippen molar-refractivity contribution in [3.63, 3.8) is 0 Å². The highest BCUT2D eigenvalue weighted by atomic mass is 35.5. The zero-order chi connectivity index (χ0) is 12.4. The lowest BCUT2D eigenvalue weighted by Gasteiger charge is -2.14. The Bertz CT molecular complexity index is 539. The molecule has 2 aromatic rings. The fourth-order valence-electron chi connectivity index (χ4n) is 1.77. The van der Waals surface area contributed by atoms with Crippen LogP contribution in [-0.2, 0) is 0 Å². The Morgan fingerprint density at radius 3 is 2.53 bits per heavy atom. The Kier molecular flexibility index (Phi) is 3.46. The molecule has 0 aliphatic rings. The Balaban J connectivity index is 2.40. The summed E-state index contributed by atoms with van der Waals surface area (Å²) < 4.78 is 13.2. The average molecular weight is 250 g/mol. The molecule has 0 saturated carbocycles. The molecule has 0 aliphatic heterocycles. The van der Waals surface area contributed by atoms with Gasteiger partial charge in [0.2, 0.25) is 0 Å². The van der Waals surface area contributed by atoms with Crippen LogP contribution >= 0.6 is 11.6 Å². The molecule has 0 saturated heterocycles. The van der Waals surface area contributed by atoms with Crippen LogP contribution < -0.4 is 5.73 Å². The molecule has 2 aromatic carbocycles. The maximum Gasteiger partial charge on any atom is 0.126 e. The van der Waals surface area contributed by atoms with Crippen molar-refractivity contribution >= 4 is 11.6 Å². The van der Waals surface area contributed by atoms with E-state index in [1.165, 1.54) is 6.07 Å². The van der Waals surface area contributed by atoms with Gasteiger partial charge in [-0.3, -0.25) is 0 Å². The minimum Gasteiger partial charge on any atom is -0.320 e. The molecule has 3 heteroatoms. The number of rotatable bonds is 2. The van der Waals surface area contributed by atoms with Crippen molar-refractivity contribution in [1.29, 1.82) is 0 Å². The highest BCUT2D eigenvalue weighted by Gasteiger charge is 2.12. The molecule has 0 bridgehead atoms. The maximum absolute atomic E-state index is 13.2. The Hall–Kier alpha value is -1.38. The molecule has 0 heterocycles. The van der Waals surface area contributed by atoms with E-state index in [1.54, 1.807) is 25.1 Å². The minimum atomic E-state index is -0.331. The first kappa shape index (κ1) is 12.1. The quantitative estimate of drug-likeness (QED) is 0.860. The molecule has 0 aromatic heterocycles. The van der Waals surface area contributed by atoms with Crippen molar-refractivity contribution < 1.29 is 4.39 Å². The van der Waals surface area contributed by atoms with Crippen LogP contribution in [-0.4, -0.2) is 0 Å². The van der Waals surface area contributed by atoms with Crippen molar-refractivity contribution in [3.05, 3.63) is 70.0 Å². The second kappa shape index (κ2) is 4.86. The van der Waals surface area contributed by atoms with E-state index in [0.717, 1.165) is 11.1 Å². The van der Waals surface area contributed by atoms with Gasteiger partial charge in [-0.1, -0.05) is 41.9 Å². The first-order chi connectivity index (χ1) is 8.09. The lowest BCUT2D eigenvalue weighted by Crippen LogP contribution is -2.12. The zero-order valence-electron chi connectivity index (χ0n) is 9.45. The van der Waals surface area contributed by atoms with Gasteiger partial charge in [0.25, 0.3) is 0 Å². The van der Waals surface area contributed by atoms with E-state index in [0.29, 0.717) is 10.6 Å². The van der Waals surface area contributed by atoms with E-state index in [1.807, 2.05) is 18.2 Å². The van der Waals surface area contributed by atoms with Crippen molar-refractivity contribution in [3.8, 4) is 0 Å². The van der Waals surface area contributed by atoms with Gasteiger partial charge in [0.1, 0.15) is 5.82 Å². The van der Waals surface area contributed by atoms with Crippen LogP contribution in [0.5, 0.6) is 0 Å². The number of hydrogen-bond acceptors (Lipinski definition) is 1. The van der Waals surface area contributed by atoms with Crippen LogP contribution in [0, 0.1) is 12.7 Å². The third kappa shape index (κ3) is 2.48. The molecule has 17 heavy (non-hydrogen) atoms. The summed E-state index contributed by atoms with van der Waals surface area (Å²) in [5.74, 6) is -0.222. The minimum absolute atomic E-state index is 0.222. The topological polar surface area (TPSA) is 26.0 Å². The van der Waals surface area contributed by atoms with Crippen molar-refractivity contribution in [1.82, 2.24) is 0 Å². The predicted octanol–water partition coefficient (Wildman–Crippen LogP) is 3.84. The molecular formula is C14H13ClFN. The smallest absolute Gasteiger partial charge is 0.126 e. The molecule has 2 rings (SSSR count). The van der Waals surface area contributed by atoms with Crippen molar-refractivity contribution in [2.75, 3.05) is 0 Å². The standard InChI is InChI=1S/C14H13ClFN/c1-9-8-10(6-7-13(9)16)14(17)11-4-2-3-5-12(11)15/h2-8,14H,17H2,1H3. The first-order valence-electron chi connectivity index (χ1n) is 5.35. The second-order valence-electron chi connectivity index (χ2n) is 4.01.